The minimum absolute atomic E-state index is 0.315. The molecule has 1 saturated carbocycles. The van der Waals surface area contributed by atoms with Gasteiger partial charge >= 0.3 is 0 Å². The van der Waals surface area contributed by atoms with Crippen LogP contribution in [0.25, 0.3) is 17.0 Å². The molecule has 2 aromatic rings. The van der Waals surface area contributed by atoms with Crippen LogP contribution in [0.1, 0.15) is 30.5 Å². The van der Waals surface area contributed by atoms with E-state index in [1.165, 1.54) is 10.9 Å². The number of aryl methyl sites for hydroxylation is 1. The van der Waals surface area contributed by atoms with E-state index in [4.69, 9.17) is 0 Å². The van der Waals surface area contributed by atoms with Gasteiger partial charge in [0.05, 0.1) is 0 Å². The lowest BCUT2D eigenvalue weighted by atomic mass is 10.1. The number of H-pyrrole nitrogens is 1. The van der Waals surface area contributed by atoms with Crippen LogP contribution in [-0.4, -0.2) is 10.8 Å². The van der Waals surface area contributed by atoms with Gasteiger partial charge in [0.1, 0.15) is 0 Å². The van der Waals surface area contributed by atoms with Crippen LogP contribution < -0.4 is 0 Å². The topological polar surface area (TPSA) is 32.9 Å². The van der Waals surface area contributed by atoms with Gasteiger partial charge in [-0.2, -0.15) is 0 Å². The van der Waals surface area contributed by atoms with Crippen molar-refractivity contribution >= 4 is 22.8 Å². The van der Waals surface area contributed by atoms with E-state index in [0.29, 0.717) is 12.2 Å². The summed E-state index contributed by atoms with van der Waals surface area (Å²) in [5.74, 6) is 0.315. The highest BCUT2D eigenvalue weighted by Crippen LogP contribution is 2.28. The lowest BCUT2D eigenvalue weighted by Crippen LogP contribution is -1.91. The fraction of sp³-hybridized carbons (Fsp3) is 0.267. The summed E-state index contributed by atoms with van der Waals surface area (Å²) in [7, 11) is 0. The van der Waals surface area contributed by atoms with Gasteiger partial charge in [0.2, 0.25) is 0 Å². The number of hydrogen-bond acceptors (Lipinski definition) is 1. The number of nitrogens with one attached hydrogen (secondary N) is 1. The Morgan fingerprint density at radius 2 is 2.06 bits per heavy atom. The molecule has 1 fully saturated rings. The SMILES string of the molecule is Cc1[nH]c2ccccc2c1/C=C1\CCCC1=O. The molecule has 1 aliphatic rings. The standard InChI is InChI=1S/C15H15NO/c1-10-13(9-11-5-4-8-15(11)17)12-6-2-3-7-14(12)16-10/h2-3,6-7,9,16H,4-5,8H2,1H3/b11-9+. The first-order chi connectivity index (χ1) is 8.25. The molecule has 2 nitrogen and oxygen atoms in total. The van der Waals surface area contributed by atoms with Crippen molar-refractivity contribution in [1.82, 2.24) is 4.98 Å². The molecule has 0 aliphatic heterocycles. The second-order valence-corrected chi connectivity index (χ2v) is 4.66. The molecule has 17 heavy (non-hydrogen) atoms. The van der Waals surface area contributed by atoms with Crippen molar-refractivity contribution in [3.63, 3.8) is 0 Å². The molecule has 2 heteroatoms. The van der Waals surface area contributed by atoms with Crippen LogP contribution >= 0.6 is 0 Å². The van der Waals surface area contributed by atoms with Crippen LogP contribution in [0.15, 0.2) is 29.8 Å². The molecule has 1 heterocycles. The smallest absolute Gasteiger partial charge is 0.158 e. The molecular weight excluding hydrogens is 210 g/mol. The second-order valence-electron chi connectivity index (χ2n) is 4.66. The van der Waals surface area contributed by atoms with Gasteiger partial charge in [-0.25, -0.2) is 0 Å². The molecule has 1 aromatic heterocycles. The number of aromatic amines is 1. The van der Waals surface area contributed by atoms with E-state index in [1.54, 1.807) is 0 Å². The third-order valence-corrected chi connectivity index (χ3v) is 3.47. The number of hydrogen-bond donors (Lipinski definition) is 1. The first-order valence-corrected chi connectivity index (χ1v) is 6.07. The van der Waals surface area contributed by atoms with Crippen molar-refractivity contribution in [3.05, 3.63) is 41.1 Å². The van der Waals surface area contributed by atoms with Gasteiger partial charge < -0.3 is 4.98 Å². The lowest BCUT2D eigenvalue weighted by Gasteiger charge is -1.97. The number of aromatic nitrogens is 1. The fourth-order valence-corrected chi connectivity index (χ4v) is 2.55. The number of benzene rings is 1. The van der Waals surface area contributed by atoms with E-state index in [2.05, 4.69) is 30.1 Å². The summed E-state index contributed by atoms with van der Waals surface area (Å²) in [6.07, 6.45) is 4.72. The number of rotatable bonds is 1. The zero-order chi connectivity index (χ0) is 11.8. The van der Waals surface area contributed by atoms with E-state index in [9.17, 15) is 4.79 Å². The maximum Gasteiger partial charge on any atom is 0.158 e. The monoisotopic (exact) mass is 225 g/mol. The Hall–Kier alpha value is -1.83. The first-order valence-electron chi connectivity index (χ1n) is 6.07. The van der Waals surface area contributed by atoms with Crippen LogP contribution in [0.3, 0.4) is 0 Å². The molecule has 0 spiro atoms. The number of Topliss-reactive ketones (excluding diaryl/α,β-unsaturated/α-hetero) is 1. The van der Waals surface area contributed by atoms with E-state index < -0.39 is 0 Å². The average molecular weight is 225 g/mol. The van der Waals surface area contributed by atoms with Crippen LogP contribution in [-0.2, 0) is 4.79 Å². The Labute approximate surface area is 100 Å². The molecule has 0 amide bonds. The maximum atomic E-state index is 11.7. The van der Waals surface area contributed by atoms with Gasteiger partial charge in [-0.15, -0.1) is 0 Å². The van der Waals surface area contributed by atoms with Crippen molar-refractivity contribution in [2.24, 2.45) is 0 Å². The van der Waals surface area contributed by atoms with Gasteiger partial charge in [0, 0.05) is 28.6 Å². The number of carbonyl (C=O) groups is 1. The number of allylic oxidation sites excluding steroid dienone is 1. The first kappa shape index (κ1) is 10.3. The number of fused-ring (bicyclic) bond motifs is 1. The molecule has 1 N–H and O–H groups in total. The molecule has 86 valence electrons. The third kappa shape index (κ3) is 1.70. The Morgan fingerprint density at radius 1 is 1.24 bits per heavy atom. The predicted molar refractivity (Wildman–Crippen MR) is 69.9 cm³/mol. The van der Waals surface area contributed by atoms with Gasteiger partial charge in [-0.05, 0) is 37.5 Å². The number of ketones is 1. The van der Waals surface area contributed by atoms with Crippen LogP contribution in [0.5, 0.6) is 0 Å². The highest BCUT2D eigenvalue weighted by atomic mass is 16.1. The number of para-hydroxylation sites is 1. The molecule has 1 aliphatic carbocycles. The highest BCUT2D eigenvalue weighted by Gasteiger charge is 2.17. The molecule has 0 atom stereocenters. The Morgan fingerprint density at radius 3 is 2.82 bits per heavy atom. The van der Waals surface area contributed by atoms with Crippen molar-refractivity contribution in [2.75, 3.05) is 0 Å². The summed E-state index contributed by atoms with van der Waals surface area (Å²) in [6.45, 7) is 2.06. The predicted octanol–water partition coefficient (Wildman–Crippen LogP) is 3.61. The fourth-order valence-electron chi connectivity index (χ4n) is 2.55. The zero-order valence-corrected chi connectivity index (χ0v) is 9.92. The second kappa shape index (κ2) is 3.88. The van der Waals surface area contributed by atoms with Crippen molar-refractivity contribution in [1.29, 1.82) is 0 Å². The minimum Gasteiger partial charge on any atom is -0.358 e. The molecule has 0 unspecified atom stereocenters. The van der Waals surface area contributed by atoms with Crippen LogP contribution in [0, 0.1) is 6.92 Å². The summed E-state index contributed by atoms with van der Waals surface area (Å²) < 4.78 is 0. The summed E-state index contributed by atoms with van der Waals surface area (Å²) in [6, 6.07) is 8.23. The van der Waals surface area contributed by atoms with Gasteiger partial charge in [0.25, 0.3) is 0 Å². The number of carbonyl (C=O) groups excluding carboxylic acids is 1. The quantitative estimate of drug-likeness (QED) is 0.739. The normalized spacial score (nSPS) is 18.4. The van der Waals surface area contributed by atoms with Crippen molar-refractivity contribution < 1.29 is 4.79 Å². The summed E-state index contributed by atoms with van der Waals surface area (Å²) in [5.41, 5.74) is 4.43. The molecule has 0 radical (unpaired) electrons. The molecule has 0 bridgehead atoms. The zero-order valence-electron chi connectivity index (χ0n) is 9.92. The van der Waals surface area contributed by atoms with E-state index in [-0.39, 0.29) is 0 Å². The van der Waals surface area contributed by atoms with Gasteiger partial charge in [0.15, 0.2) is 5.78 Å². The molecular formula is C15H15NO. The van der Waals surface area contributed by atoms with Crippen molar-refractivity contribution in [3.8, 4) is 0 Å². The Balaban J connectivity index is 2.17. The Kier molecular flexibility index (Phi) is 2.36. The van der Waals surface area contributed by atoms with Crippen LogP contribution in [0.2, 0.25) is 0 Å². The highest BCUT2D eigenvalue weighted by molar-refractivity contribution is 6.03. The summed E-state index contributed by atoms with van der Waals surface area (Å²) in [5, 5.41) is 1.21. The molecule has 3 rings (SSSR count). The Bertz CT molecular complexity index is 619. The van der Waals surface area contributed by atoms with E-state index in [0.717, 1.165) is 29.6 Å². The van der Waals surface area contributed by atoms with Crippen molar-refractivity contribution in [2.45, 2.75) is 26.2 Å². The summed E-state index contributed by atoms with van der Waals surface area (Å²) >= 11 is 0. The van der Waals surface area contributed by atoms with E-state index in [1.807, 2.05) is 12.1 Å². The lowest BCUT2D eigenvalue weighted by molar-refractivity contribution is -0.114. The minimum atomic E-state index is 0.315. The largest absolute Gasteiger partial charge is 0.358 e. The molecule has 0 saturated heterocycles. The van der Waals surface area contributed by atoms with Gasteiger partial charge in [-0.3, -0.25) is 4.79 Å². The van der Waals surface area contributed by atoms with Crippen LogP contribution in [0.4, 0.5) is 0 Å². The third-order valence-electron chi connectivity index (χ3n) is 3.47. The van der Waals surface area contributed by atoms with E-state index >= 15 is 0 Å². The summed E-state index contributed by atoms with van der Waals surface area (Å²) in [4.78, 5) is 15.0. The van der Waals surface area contributed by atoms with Gasteiger partial charge in [-0.1, -0.05) is 18.2 Å². The maximum absolute atomic E-state index is 11.7. The average Bonchev–Trinajstić information content (AvgIpc) is 2.85. The molecule has 1 aromatic carbocycles.